The summed E-state index contributed by atoms with van der Waals surface area (Å²) in [5.74, 6) is 0. The minimum Gasteiger partial charge on any atom is -0.379 e. The lowest BCUT2D eigenvalue weighted by Crippen LogP contribution is -2.47. The molecule has 2 N–H and O–H groups in total. The van der Waals surface area contributed by atoms with Gasteiger partial charge in [0.2, 0.25) is 0 Å². The number of rotatable bonds is 4. The predicted octanol–water partition coefficient (Wildman–Crippen LogP) is -0.0922. The van der Waals surface area contributed by atoms with Crippen LogP contribution in [-0.2, 0) is 4.74 Å². The van der Waals surface area contributed by atoms with Gasteiger partial charge < -0.3 is 10.5 Å². The number of ether oxygens (including phenoxy) is 1. The van der Waals surface area contributed by atoms with E-state index in [9.17, 15) is 0 Å². The number of morpholine rings is 1. The van der Waals surface area contributed by atoms with Gasteiger partial charge in [0.1, 0.15) is 0 Å². The van der Waals surface area contributed by atoms with Crippen LogP contribution in [0.15, 0.2) is 12.2 Å². The first-order chi connectivity index (χ1) is 7.90. The van der Waals surface area contributed by atoms with Crippen LogP contribution in [0.25, 0.3) is 0 Å². The SMILES string of the molecule is NCC1C=CCCN1CCN1CCOCC1. The minimum atomic E-state index is 0.454. The molecule has 0 bridgehead atoms. The number of hydrogen-bond acceptors (Lipinski definition) is 4. The van der Waals surface area contributed by atoms with Crippen molar-refractivity contribution >= 4 is 0 Å². The molecule has 0 aromatic heterocycles. The Hall–Kier alpha value is -0.420. The number of nitrogens with zero attached hydrogens (tertiary/aromatic N) is 2. The second kappa shape index (κ2) is 6.35. The van der Waals surface area contributed by atoms with Crippen molar-refractivity contribution in [3.8, 4) is 0 Å². The lowest BCUT2D eigenvalue weighted by Gasteiger charge is -2.34. The zero-order chi connectivity index (χ0) is 11.2. The molecule has 92 valence electrons. The lowest BCUT2D eigenvalue weighted by atomic mass is 10.1. The van der Waals surface area contributed by atoms with E-state index in [1.54, 1.807) is 0 Å². The Kier molecular flexibility index (Phi) is 4.78. The van der Waals surface area contributed by atoms with Gasteiger partial charge in [-0.05, 0) is 6.42 Å². The third-order valence-corrected chi connectivity index (χ3v) is 3.46. The van der Waals surface area contributed by atoms with Crippen LogP contribution >= 0.6 is 0 Å². The maximum absolute atomic E-state index is 5.78. The fourth-order valence-electron chi connectivity index (χ4n) is 2.38. The Morgan fingerprint density at radius 2 is 2.00 bits per heavy atom. The summed E-state index contributed by atoms with van der Waals surface area (Å²) < 4.78 is 5.35. The summed E-state index contributed by atoms with van der Waals surface area (Å²) in [4.78, 5) is 4.98. The third kappa shape index (κ3) is 3.28. The summed E-state index contributed by atoms with van der Waals surface area (Å²) in [6.45, 7) is 8.11. The molecule has 4 heteroatoms. The van der Waals surface area contributed by atoms with Crippen LogP contribution in [0.1, 0.15) is 6.42 Å². The molecule has 0 aromatic rings. The van der Waals surface area contributed by atoms with Crippen LogP contribution in [0, 0.1) is 0 Å². The first-order valence-corrected chi connectivity index (χ1v) is 6.31. The van der Waals surface area contributed by atoms with E-state index in [1.807, 2.05) is 0 Å². The molecule has 2 aliphatic heterocycles. The van der Waals surface area contributed by atoms with Crippen LogP contribution in [0.5, 0.6) is 0 Å². The topological polar surface area (TPSA) is 41.7 Å². The van der Waals surface area contributed by atoms with Gasteiger partial charge in [-0.25, -0.2) is 0 Å². The highest BCUT2D eigenvalue weighted by molar-refractivity contribution is 5.00. The van der Waals surface area contributed by atoms with Crippen molar-refractivity contribution < 1.29 is 4.74 Å². The molecule has 0 spiro atoms. The highest BCUT2D eigenvalue weighted by Gasteiger charge is 2.18. The third-order valence-electron chi connectivity index (χ3n) is 3.46. The summed E-state index contributed by atoms with van der Waals surface area (Å²) in [5.41, 5.74) is 5.78. The van der Waals surface area contributed by atoms with Gasteiger partial charge >= 0.3 is 0 Å². The van der Waals surface area contributed by atoms with Crippen molar-refractivity contribution in [1.29, 1.82) is 0 Å². The summed E-state index contributed by atoms with van der Waals surface area (Å²) in [5, 5.41) is 0. The van der Waals surface area contributed by atoms with E-state index in [2.05, 4.69) is 22.0 Å². The fraction of sp³-hybridized carbons (Fsp3) is 0.833. The molecule has 16 heavy (non-hydrogen) atoms. The Morgan fingerprint density at radius 1 is 1.19 bits per heavy atom. The van der Waals surface area contributed by atoms with E-state index in [0.29, 0.717) is 6.04 Å². The van der Waals surface area contributed by atoms with Gasteiger partial charge in [-0.1, -0.05) is 12.2 Å². The first kappa shape index (κ1) is 12.0. The zero-order valence-electron chi connectivity index (χ0n) is 9.98. The van der Waals surface area contributed by atoms with Crippen LogP contribution < -0.4 is 5.73 Å². The predicted molar refractivity (Wildman–Crippen MR) is 65.4 cm³/mol. The second-order valence-electron chi connectivity index (χ2n) is 4.51. The Bertz CT molecular complexity index is 226. The van der Waals surface area contributed by atoms with Gasteiger partial charge in [0.15, 0.2) is 0 Å². The average molecular weight is 225 g/mol. The van der Waals surface area contributed by atoms with E-state index in [1.165, 1.54) is 6.42 Å². The van der Waals surface area contributed by atoms with Crippen molar-refractivity contribution in [2.45, 2.75) is 12.5 Å². The first-order valence-electron chi connectivity index (χ1n) is 6.31. The van der Waals surface area contributed by atoms with Crippen LogP contribution in [0.4, 0.5) is 0 Å². The monoisotopic (exact) mass is 225 g/mol. The van der Waals surface area contributed by atoms with Crippen LogP contribution in [-0.4, -0.2) is 68.3 Å². The Morgan fingerprint density at radius 3 is 2.75 bits per heavy atom. The average Bonchev–Trinajstić information content (AvgIpc) is 2.38. The zero-order valence-corrected chi connectivity index (χ0v) is 9.98. The minimum absolute atomic E-state index is 0.454. The quantitative estimate of drug-likeness (QED) is 0.679. The molecular weight excluding hydrogens is 202 g/mol. The van der Waals surface area contributed by atoms with Gasteiger partial charge in [0.05, 0.1) is 13.2 Å². The van der Waals surface area contributed by atoms with E-state index in [4.69, 9.17) is 10.5 Å². The molecule has 0 amide bonds. The Balaban J connectivity index is 1.73. The van der Waals surface area contributed by atoms with E-state index >= 15 is 0 Å². The molecule has 2 rings (SSSR count). The van der Waals surface area contributed by atoms with Crippen molar-refractivity contribution in [1.82, 2.24) is 9.80 Å². The molecule has 1 saturated heterocycles. The molecule has 1 atom stereocenters. The van der Waals surface area contributed by atoms with Gasteiger partial charge in [-0.3, -0.25) is 9.80 Å². The maximum atomic E-state index is 5.78. The molecule has 1 fully saturated rings. The molecule has 0 saturated carbocycles. The number of nitrogens with two attached hydrogens (primary N) is 1. The van der Waals surface area contributed by atoms with E-state index < -0.39 is 0 Å². The molecule has 2 heterocycles. The molecule has 2 aliphatic rings. The highest BCUT2D eigenvalue weighted by Crippen LogP contribution is 2.09. The maximum Gasteiger partial charge on any atom is 0.0594 e. The van der Waals surface area contributed by atoms with Crippen molar-refractivity contribution in [3.05, 3.63) is 12.2 Å². The highest BCUT2D eigenvalue weighted by atomic mass is 16.5. The van der Waals surface area contributed by atoms with E-state index in [-0.39, 0.29) is 0 Å². The van der Waals surface area contributed by atoms with Gasteiger partial charge in [-0.15, -0.1) is 0 Å². The molecule has 0 aliphatic carbocycles. The van der Waals surface area contributed by atoms with Crippen molar-refractivity contribution in [3.63, 3.8) is 0 Å². The lowest BCUT2D eigenvalue weighted by molar-refractivity contribution is 0.0319. The van der Waals surface area contributed by atoms with Crippen LogP contribution in [0.3, 0.4) is 0 Å². The standard InChI is InChI=1S/C12H23N3O/c13-11-12-3-1-2-4-15(12)6-5-14-7-9-16-10-8-14/h1,3,12H,2,4-11,13H2. The fourth-order valence-corrected chi connectivity index (χ4v) is 2.38. The van der Waals surface area contributed by atoms with Crippen LogP contribution in [0.2, 0.25) is 0 Å². The number of hydrogen-bond donors (Lipinski definition) is 1. The van der Waals surface area contributed by atoms with Gasteiger partial charge in [0, 0.05) is 45.3 Å². The molecular formula is C12H23N3O. The van der Waals surface area contributed by atoms with E-state index in [0.717, 1.165) is 52.5 Å². The summed E-state index contributed by atoms with van der Waals surface area (Å²) in [7, 11) is 0. The molecule has 1 unspecified atom stereocenters. The summed E-state index contributed by atoms with van der Waals surface area (Å²) in [6, 6.07) is 0.454. The Labute approximate surface area is 98.0 Å². The normalized spacial score (nSPS) is 28.4. The summed E-state index contributed by atoms with van der Waals surface area (Å²) >= 11 is 0. The molecule has 4 nitrogen and oxygen atoms in total. The smallest absolute Gasteiger partial charge is 0.0594 e. The molecule has 0 aromatic carbocycles. The summed E-state index contributed by atoms with van der Waals surface area (Å²) in [6.07, 6.45) is 5.67. The van der Waals surface area contributed by atoms with Gasteiger partial charge in [-0.2, -0.15) is 0 Å². The van der Waals surface area contributed by atoms with Crippen molar-refractivity contribution in [2.75, 3.05) is 52.5 Å². The largest absolute Gasteiger partial charge is 0.379 e. The second-order valence-corrected chi connectivity index (χ2v) is 4.51. The van der Waals surface area contributed by atoms with Crippen molar-refractivity contribution in [2.24, 2.45) is 5.73 Å². The van der Waals surface area contributed by atoms with Gasteiger partial charge in [0.25, 0.3) is 0 Å². The molecule has 0 radical (unpaired) electrons.